The Labute approximate surface area is 209 Å². The van der Waals surface area contributed by atoms with Crippen LogP contribution in [-0.2, 0) is 16.0 Å². The number of rotatable bonds is 5. The molecule has 3 aromatic rings. The largest absolute Gasteiger partial charge is 0.444 e. The highest BCUT2D eigenvalue weighted by Gasteiger charge is 2.23. The van der Waals surface area contributed by atoms with E-state index in [4.69, 9.17) is 10.5 Å². The van der Waals surface area contributed by atoms with E-state index >= 15 is 0 Å². The first-order valence-corrected chi connectivity index (χ1v) is 12.4. The molecule has 1 saturated heterocycles. The molecule has 184 valence electrons. The molecule has 4 rings (SSSR count). The number of alkyl carbamates (subject to hydrolysis) is 1. The summed E-state index contributed by atoms with van der Waals surface area (Å²) in [6.45, 7) is 7.29. The maximum Gasteiger partial charge on any atom is 0.408 e. The van der Waals surface area contributed by atoms with E-state index in [-0.39, 0.29) is 0 Å². The number of nitriles is 1. The number of carbonyl (C=O) groups is 2. The lowest BCUT2D eigenvalue weighted by atomic mass is 10.1. The number of benzene rings is 1. The standard InChI is InChI=1S/C14H13N3.C12H18N2O3S/c15-10-12-9-11-5-1-2-6-13(11)16-14(12)17-7-3-4-8-17;1-12(2,3)17-11(16)14-9(10(13)15)7-8-5-4-6-18-8/h1-2,5-6,9H,3-4,7-8H2;4-6,9H,7H2,1-3H3,(H2,13,15)(H,14,16)/t;9-/m.0/s1. The molecule has 9 heteroatoms. The first-order chi connectivity index (χ1) is 16.7. The Balaban J connectivity index is 0.000000196. The molecule has 1 aromatic carbocycles. The normalized spacial score (nSPS) is 13.9. The molecule has 35 heavy (non-hydrogen) atoms. The molecule has 0 aliphatic carbocycles. The van der Waals surface area contributed by atoms with Crippen LogP contribution >= 0.6 is 11.3 Å². The molecular formula is C26H31N5O3S. The molecule has 0 saturated carbocycles. The zero-order valence-corrected chi connectivity index (χ0v) is 21.1. The number of para-hydroxylation sites is 1. The smallest absolute Gasteiger partial charge is 0.408 e. The van der Waals surface area contributed by atoms with Gasteiger partial charge in [0, 0.05) is 29.8 Å². The summed E-state index contributed by atoms with van der Waals surface area (Å²) in [4.78, 5) is 30.7. The Bertz CT molecular complexity index is 1190. The second-order valence-electron chi connectivity index (χ2n) is 9.24. The number of hydrogen-bond donors (Lipinski definition) is 2. The van der Waals surface area contributed by atoms with E-state index in [0.29, 0.717) is 12.0 Å². The summed E-state index contributed by atoms with van der Waals surface area (Å²) < 4.78 is 5.08. The number of aromatic nitrogens is 1. The van der Waals surface area contributed by atoms with Gasteiger partial charge < -0.3 is 20.7 Å². The van der Waals surface area contributed by atoms with Gasteiger partial charge in [-0.05, 0) is 57.2 Å². The van der Waals surface area contributed by atoms with Gasteiger partial charge in [-0.1, -0.05) is 24.3 Å². The van der Waals surface area contributed by atoms with Crippen LogP contribution in [0.2, 0.25) is 0 Å². The van der Waals surface area contributed by atoms with Gasteiger partial charge in [0.15, 0.2) is 0 Å². The van der Waals surface area contributed by atoms with Gasteiger partial charge in [-0.2, -0.15) is 5.26 Å². The average Bonchev–Trinajstić information content (AvgIpc) is 3.51. The highest BCUT2D eigenvalue weighted by Crippen LogP contribution is 2.25. The number of hydrogen-bond acceptors (Lipinski definition) is 7. The molecule has 0 unspecified atom stereocenters. The molecule has 3 N–H and O–H groups in total. The predicted molar refractivity (Wildman–Crippen MR) is 138 cm³/mol. The zero-order valence-electron chi connectivity index (χ0n) is 20.3. The van der Waals surface area contributed by atoms with Crippen molar-refractivity contribution >= 4 is 40.1 Å². The van der Waals surface area contributed by atoms with Crippen molar-refractivity contribution < 1.29 is 14.3 Å². The van der Waals surface area contributed by atoms with E-state index in [1.807, 2.05) is 47.8 Å². The fourth-order valence-electron chi connectivity index (χ4n) is 3.66. The van der Waals surface area contributed by atoms with E-state index < -0.39 is 23.6 Å². The number of nitrogens with zero attached hydrogens (tertiary/aromatic N) is 3. The molecule has 2 aromatic heterocycles. The summed E-state index contributed by atoms with van der Waals surface area (Å²) in [7, 11) is 0. The minimum absolute atomic E-state index is 0.381. The van der Waals surface area contributed by atoms with Gasteiger partial charge in [0.25, 0.3) is 0 Å². The molecule has 1 fully saturated rings. The monoisotopic (exact) mass is 493 g/mol. The minimum atomic E-state index is -0.751. The Kier molecular flexibility index (Phi) is 8.66. The average molecular weight is 494 g/mol. The Morgan fingerprint density at radius 3 is 2.54 bits per heavy atom. The first-order valence-electron chi connectivity index (χ1n) is 11.5. The van der Waals surface area contributed by atoms with Crippen LogP contribution in [0.4, 0.5) is 10.6 Å². The molecule has 0 bridgehead atoms. The van der Waals surface area contributed by atoms with E-state index in [1.54, 1.807) is 20.8 Å². The van der Waals surface area contributed by atoms with Crippen LogP contribution < -0.4 is 16.0 Å². The van der Waals surface area contributed by atoms with Crippen LogP contribution in [0.3, 0.4) is 0 Å². The number of amides is 2. The Hall–Kier alpha value is -3.64. The molecule has 0 radical (unpaired) electrons. The fourth-order valence-corrected chi connectivity index (χ4v) is 4.41. The van der Waals surface area contributed by atoms with Crippen molar-refractivity contribution in [2.45, 2.75) is 51.7 Å². The summed E-state index contributed by atoms with van der Waals surface area (Å²) in [6, 6.07) is 15.2. The number of fused-ring (bicyclic) bond motifs is 1. The second kappa shape index (κ2) is 11.7. The van der Waals surface area contributed by atoms with Crippen LogP contribution in [0.5, 0.6) is 0 Å². The lowest BCUT2D eigenvalue weighted by molar-refractivity contribution is -0.120. The zero-order chi connectivity index (χ0) is 25.4. The van der Waals surface area contributed by atoms with E-state index in [2.05, 4.69) is 21.3 Å². The maximum absolute atomic E-state index is 11.6. The summed E-state index contributed by atoms with van der Waals surface area (Å²) in [5.41, 5.74) is 6.31. The molecule has 0 spiro atoms. The van der Waals surface area contributed by atoms with Crippen LogP contribution in [0.25, 0.3) is 10.9 Å². The number of nitrogens with one attached hydrogen (secondary N) is 1. The summed E-state index contributed by atoms with van der Waals surface area (Å²) in [6.07, 6.45) is 2.13. The molecule has 3 heterocycles. The third kappa shape index (κ3) is 7.69. The number of thiophene rings is 1. The van der Waals surface area contributed by atoms with Gasteiger partial charge in [-0.3, -0.25) is 4.79 Å². The van der Waals surface area contributed by atoms with Crippen molar-refractivity contribution in [1.29, 1.82) is 5.26 Å². The quantitative estimate of drug-likeness (QED) is 0.544. The van der Waals surface area contributed by atoms with Crippen LogP contribution in [0.15, 0.2) is 47.8 Å². The molecule has 1 aliphatic heterocycles. The third-order valence-electron chi connectivity index (χ3n) is 5.25. The predicted octanol–water partition coefficient (Wildman–Crippen LogP) is 4.38. The number of carbonyl (C=O) groups excluding carboxylic acids is 2. The fraction of sp³-hybridized carbons (Fsp3) is 0.385. The SMILES string of the molecule is CC(C)(C)OC(=O)N[C@@H](Cc1cccs1)C(N)=O.N#Cc1cc2ccccc2nc1N1CCCC1. The number of ether oxygens (including phenoxy) is 1. The van der Waals surface area contributed by atoms with E-state index in [0.717, 1.165) is 34.7 Å². The van der Waals surface area contributed by atoms with Crippen molar-refractivity contribution in [2.24, 2.45) is 5.73 Å². The van der Waals surface area contributed by atoms with Gasteiger partial charge in [0.1, 0.15) is 23.5 Å². The highest BCUT2D eigenvalue weighted by molar-refractivity contribution is 7.09. The number of nitrogens with two attached hydrogens (primary N) is 1. The van der Waals surface area contributed by atoms with Gasteiger partial charge in [0.2, 0.25) is 5.91 Å². The van der Waals surface area contributed by atoms with Gasteiger partial charge in [-0.25, -0.2) is 9.78 Å². The molecule has 1 atom stereocenters. The minimum Gasteiger partial charge on any atom is -0.444 e. The van der Waals surface area contributed by atoms with Crippen molar-refractivity contribution in [2.75, 3.05) is 18.0 Å². The number of anilines is 1. The van der Waals surface area contributed by atoms with Crippen LogP contribution in [0.1, 0.15) is 44.1 Å². The molecular weight excluding hydrogens is 462 g/mol. The third-order valence-corrected chi connectivity index (χ3v) is 6.15. The van der Waals surface area contributed by atoms with Crippen molar-refractivity contribution in [3.8, 4) is 6.07 Å². The van der Waals surface area contributed by atoms with E-state index in [1.165, 1.54) is 24.2 Å². The van der Waals surface area contributed by atoms with Gasteiger partial charge >= 0.3 is 6.09 Å². The maximum atomic E-state index is 11.6. The summed E-state index contributed by atoms with van der Waals surface area (Å²) in [5, 5.41) is 14.6. The number of pyridine rings is 1. The lowest BCUT2D eigenvalue weighted by Crippen LogP contribution is -2.47. The first kappa shape index (κ1) is 26.0. The van der Waals surface area contributed by atoms with E-state index in [9.17, 15) is 14.9 Å². The van der Waals surface area contributed by atoms with Crippen LogP contribution in [-0.4, -0.2) is 41.7 Å². The Morgan fingerprint density at radius 2 is 1.94 bits per heavy atom. The van der Waals surface area contributed by atoms with Crippen LogP contribution in [0, 0.1) is 11.3 Å². The van der Waals surface area contributed by atoms with Gasteiger partial charge in [-0.15, -0.1) is 11.3 Å². The van der Waals surface area contributed by atoms with Crippen molar-refractivity contribution in [3.05, 3.63) is 58.3 Å². The topological polar surface area (TPSA) is 121 Å². The number of primary amides is 1. The summed E-state index contributed by atoms with van der Waals surface area (Å²) >= 11 is 1.51. The molecule has 1 aliphatic rings. The molecule has 2 amide bonds. The Morgan fingerprint density at radius 1 is 1.23 bits per heavy atom. The van der Waals surface area contributed by atoms with Crippen molar-refractivity contribution in [3.63, 3.8) is 0 Å². The van der Waals surface area contributed by atoms with Crippen molar-refractivity contribution in [1.82, 2.24) is 10.3 Å². The second-order valence-corrected chi connectivity index (χ2v) is 10.3. The lowest BCUT2D eigenvalue weighted by Gasteiger charge is -2.22. The molecule has 8 nitrogen and oxygen atoms in total. The summed E-state index contributed by atoms with van der Waals surface area (Å²) in [5.74, 6) is 0.276. The highest BCUT2D eigenvalue weighted by atomic mass is 32.1. The van der Waals surface area contributed by atoms with Gasteiger partial charge in [0.05, 0.1) is 11.1 Å².